The molecule has 12 nitrogen and oxygen atoms in total. The Morgan fingerprint density at radius 1 is 1.12 bits per heavy atom. The molecular formula is C30H32FN3O9. The van der Waals surface area contributed by atoms with Gasteiger partial charge in [0.05, 0.1) is 35.1 Å². The highest BCUT2D eigenvalue weighted by Crippen LogP contribution is 2.42. The average Bonchev–Trinajstić information content (AvgIpc) is 3.56. The van der Waals surface area contributed by atoms with Crippen molar-refractivity contribution >= 4 is 22.7 Å². The van der Waals surface area contributed by atoms with E-state index in [9.17, 15) is 14.9 Å². The summed E-state index contributed by atoms with van der Waals surface area (Å²) in [6.45, 7) is 7.11. The second-order valence-electron chi connectivity index (χ2n) is 11.6. The molecule has 0 bridgehead atoms. The van der Waals surface area contributed by atoms with Crippen molar-refractivity contribution in [1.29, 1.82) is 0 Å². The normalized spacial score (nSPS) is 16.1. The molecule has 1 fully saturated rings. The number of ether oxygens (including phenoxy) is 6. The molecule has 0 spiro atoms. The summed E-state index contributed by atoms with van der Waals surface area (Å²) in [6, 6.07) is 7.22. The standard InChI is InChI=1S/C30H32FN3O9/c1-28(2,3)43-27(35)33-30(9-10-30)17-39-25-15-20-18(14-24(25)38-5)22(8-11-32-20)42-23-7-6-21(34(36)37)19(26(23)31)16-29(4)40-12-13-41-29/h6-8,11-15H,9-10,16-17H2,1-5H3,(H,33,35). The van der Waals surface area contributed by atoms with E-state index < -0.39 is 39.4 Å². The van der Waals surface area contributed by atoms with Gasteiger partial charge < -0.3 is 33.7 Å². The Morgan fingerprint density at radius 2 is 1.84 bits per heavy atom. The number of carbonyl (C=O) groups is 1. The molecule has 1 amide bonds. The molecule has 228 valence electrons. The molecule has 2 aliphatic rings. The highest BCUT2D eigenvalue weighted by molar-refractivity contribution is 5.88. The topological polar surface area (TPSA) is 141 Å². The number of fused-ring (bicyclic) bond motifs is 1. The summed E-state index contributed by atoms with van der Waals surface area (Å²) in [5.74, 6) is -1.47. The number of nitrogens with one attached hydrogen (secondary N) is 1. The third-order valence-electron chi connectivity index (χ3n) is 6.90. The number of alkyl carbamates (subject to hydrolysis) is 1. The molecule has 1 aromatic heterocycles. The Hall–Kier alpha value is -4.81. The summed E-state index contributed by atoms with van der Waals surface area (Å²) in [5.41, 5.74) is -1.36. The van der Waals surface area contributed by atoms with Gasteiger partial charge in [0.2, 0.25) is 0 Å². The summed E-state index contributed by atoms with van der Waals surface area (Å²) in [6.07, 6.45) is 4.77. The zero-order valence-corrected chi connectivity index (χ0v) is 24.4. The number of pyridine rings is 1. The maximum Gasteiger partial charge on any atom is 0.408 e. The van der Waals surface area contributed by atoms with E-state index in [1.54, 1.807) is 45.9 Å². The van der Waals surface area contributed by atoms with Crippen molar-refractivity contribution in [3.63, 3.8) is 0 Å². The fourth-order valence-corrected chi connectivity index (χ4v) is 4.58. The second kappa shape index (κ2) is 11.1. The molecule has 1 saturated carbocycles. The third-order valence-corrected chi connectivity index (χ3v) is 6.90. The molecule has 2 aromatic carbocycles. The number of rotatable bonds is 10. The zero-order valence-electron chi connectivity index (χ0n) is 24.4. The summed E-state index contributed by atoms with van der Waals surface area (Å²) in [5, 5.41) is 15.0. The molecule has 13 heteroatoms. The molecule has 0 saturated heterocycles. The maximum atomic E-state index is 15.8. The minimum atomic E-state index is -1.31. The van der Waals surface area contributed by atoms with Gasteiger partial charge in [0, 0.05) is 30.6 Å². The monoisotopic (exact) mass is 597 g/mol. The summed E-state index contributed by atoms with van der Waals surface area (Å²) in [4.78, 5) is 27.7. The van der Waals surface area contributed by atoms with Crippen molar-refractivity contribution in [1.82, 2.24) is 10.3 Å². The molecule has 5 rings (SSSR count). The molecule has 0 unspecified atom stereocenters. The Labute approximate surface area is 246 Å². The number of nitro groups is 1. The number of methoxy groups -OCH3 is 1. The summed E-state index contributed by atoms with van der Waals surface area (Å²) < 4.78 is 49.5. The van der Waals surface area contributed by atoms with Crippen LogP contribution >= 0.6 is 0 Å². The molecule has 1 aliphatic heterocycles. The van der Waals surface area contributed by atoms with E-state index in [2.05, 4.69) is 10.3 Å². The molecule has 2 heterocycles. The lowest BCUT2D eigenvalue weighted by molar-refractivity contribution is -0.386. The molecule has 1 aliphatic carbocycles. The number of amides is 1. The van der Waals surface area contributed by atoms with Crippen molar-refractivity contribution in [2.75, 3.05) is 13.7 Å². The SMILES string of the molecule is COc1cc2c(Oc3ccc([N+](=O)[O-])c(CC4(C)OC=CO4)c3F)ccnc2cc1OCC1(NC(=O)OC(C)(C)C)CC1. The number of hydrogen-bond acceptors (Lipinski definition) is 10. The Balaban J connectivity index is 1.39. The number of carbonyl (C=O) groups excluding carboxylic acids is 1. The number of aromatic nitrogens is 1. The Bertz CT molecular complexity index is 1590. The largest absolute Gasteiger partial charge is 0.493 e. The maximum absolute atomic E-state index is 15.8. The number of benzene rings is 2. The van der Waals surface area contributed by atoms with Crippen LogP contribution in [0.15, 0.2) is 49.1 Å². The van der Waals surface area contributed by atoms with Crippen LogP contribution in [0.5, 0.6) is 23.0 Å². The van der Waals surface area contributed by atoms with Gasteiger partial charge in [-0.15, -0.1) is 0 Å². The lowest BCUT2D eigenvalue weighted by atomic mass is 10.0. The van der Waals surface area contributed by atoms with Crippen molar-refractivity contribution in [3.05, 3.63) is 70.5 Å². The average molecular weight is 598 g/mol. The number of nitrogens with zero attached hydrogens (tertiary/aromatic N) is 2. The van der Waals surface area contributed by atoms with E-state index in [4.69, 9.17) is 28.4 Å². The van der Waals surface area contributed by atoms with Gasteiger partial charge in [-0.05, 0) is 51.8 Å². The smallest absolute Gasteiger partial charge is 0.408 e. The first kappa shape index (κ1) is 29.7. The van der Waals surface area contributed by atoms with Crippen molar-refractivity contribution in [2.24, 2.45) is 0 Å². The van der Waals surface area contributed by atoms with Gasteiger partial charge in [-0.3, -0.25) is 15.1 Å². The molecule has 0 atom stereocenters. The van der Waals surface area contributed by atoms with Crippen molar-refractivity contribution in [2.45, 2.75) is 63.9 Å². The van der Waals surface area contributed by atoms with E-state index in [-0.39, 0.29) is 30.1 Å². The van der Waals surface area contributed by atoms with Gasteiger partial charge in [0.15, 0.2) is 23.1 Å². The highest BCUT2D eigenvalue weighted by atomic mass is 19.1. The molecule has 43 heavy (non-hydrogen) atoms. The van der Waals surface area contributed by atoms with Crippen LogP contribution in [-0.2, 0) is 20.6 Å². The van der Waals surface area contributed by atoms with E-state index in [1.807, 2.05) is 0 Å². The summed E-state index contributed by atoms with van der Waals surface area (Å²) in [7, 11) is 1.47. The van der Waals surface area contributed by atoms with E-state index in [0.29, 0.717) is 22.4 Å². The van der Waals surface area contributed by atoms with Crippen LogP contribution in [0.3, 0.4) is 0 Å². The molecule has 1 N–H and O–H groups in total. The first-order valence-corrected chi connectivity index (χ1v) is 13.6. The minimum Gasteiger partial charge on any atom is -0.493 e. The second-order valence-corrected chi connectivity index (χ2v) is 11.6. The number of halogens is 1. The predicted molar refractivity (Wildman–Crippen MR) is 152 cm³/mol. The lowest BCUT2D eigenvalue weighted by Gasteiger charge is -2.24. The van der Waals surface area contributed by atoms with Gasteiger partial charge in [-0.2, -0.15) is 0 Å². The van der Waals surface area contributed by atoms with Crippen LogP contribution in [0.1, 0.15) is 46.1 Å². The minimum absolute atomic E-state index is 0.183. The first-order valence-electron chi connectivity index (χ1n) is 13.6. The lowest BCUT2D eigenvalue weighted by Crippen LogP contribution is -2.44. The Kier molecular flexibility index (Phi) is 7.67. The van der Waals surface area contributed by atoms with Gasteiger partial charge in [-0.1, -0.05) is 0 Å². The molecule has 0 radical (unpaired) electrons. The van der Waals surface area contributed by atoms with Crippen LogP contribution in [0, 0.1) is 15.9 Å². The summed E-state index contributed by atoms with van der Waals surface area (Å²) >= 11 is 0. The van der Waals surface area contributed by atoms with Crippen LogP contribution < -0.4 is 19.5 Å². The van der Waals surface area contributed by atoms with Gasteiger partial charge in [0.25, 0.3) is 11.5 Å². The highest BCUT2D eigenvalue weighted by Gasteiger charge is 2.46. The van der Waals surface area contributed by atoms with Crippen molar-refractivity contribution < 1.29 is 42.5 Å². The van der Waals surface area contributed by atoms with Gasteiger partial charge in [0.1, 0.15) is 30.5 Å². The van der Waals surface area contributed by atoms with Gasteiger partial charge >= 0.3 is 6.09 Å². The van der Waals surface area contributed by atoms with E-state index in [0.717, 1.165) is 12.8 Å². The van der Waals surface area contributed by atoms with Crippen LogP contribution in [0.2, 0.25) is 0 Å². The van der Waals surface area contributed by atoms with Gasteiger partial charge in [-0.25, -0.2) is 9.18 Å². The quantitative estimate of drug-likeness (QED) is 0.209. The first-order chi connectivity index (χ1) is 20.3. The third kappa shape index (κ3) is 6.65. The number of nitro benzene ring substituents is 1. The molecular weight excluding hydrogens is 565 g/mol. The van der Waals surface area contributed by atoms with Crippen molar-refractivity contribution in [3.8, 4) is 23.0 Å². The predicted octanol–water partition coefficient (Wildman–Crippen LogP) is 6.30. The fraction of sp³-hybridized carbons (Fsp3) is 0.400. The Morgan fingerprint density at radius 3 is 2.47 bits per heavy atom. The van der Waals surface area contributed by atoms with Crippen LogP contribution in [-0.4, -0.2) is 46.6 Å². The molecule has 3 aromatic rings. The van der Waals surface area contributed by atoms with Crippen LogP contribution in [0.25, 0.3) is 10.9 Å². The fourth-order valence-electron chi connectivity index (χ4n) is 4.58. The number of hydrogen-bond donors (Lipinski definition) is 1. The van der Waals surface area contributed by atoms with E-state index >= 15 is 4.39 Å². The zero-order chi connectivity index (χ0) is 31.0. The van der Waals surface area contributed by atoms with E-state index in [1.165, 1.54) is 38.0 Å². The van der Waals surface area contributed by atoms with Crippen LogP contribution in [0.4, 0.5) is 14.9 Å².